The van der Waals surface area contributed by atoms with E-state index in [9.17, 15) is 13.2 Å². The second-order valence-electron chi connectivity index (χ2n) is 8.08. The minimum Gasteiger partial charge on any atom is -0.406 e. The minimum absolute atomic E-state index is 0.291. The number of aromatic nitrogens is 2. The van der Waals surface area contributed by atoms with Crippen molar-refractivity contribution in [2.24, 2.45) is 0 Å². The van der Waals surface area contributed by atoms with E-state index < -0.39 is 6.36 Å². The summed E-state index contributed by atoms with van der Waals surface area (Å²) in [7, 11) is 0. The Labute approximate surface area is 179 Å². The zero-order valence-electron chi connectivity index (χ0n) is 17.6. The first-order valence-corrected chi connectivity index (χ1v) is 9.89. The van der Waals surface area contributed by atoms with Gasteiger partial charge in [0.1, 0.15) is 11.6 Å². The molecule has 3 rings (SSSR count). The summed E-state index contributed by atoms with van der Waals surface area (Å²) in [6.45, 7) is 6.57. The molecule has 2 N–H and O–H groups in total. The summed E-state index contributed by atoms with van der Waals surface area (Å²) in [4.78, 5) is 9.01. The van der Waals surface area contributed by atoms with Gasteiger partial charge in [0.25, 0.3) is 0 Å². The highest BCUT2D eigenvalue weighted by Crippen LogP contribution is 2.29. The fraction of sp³-hybridized carbons (Fsp3) is 0.304. The van der Waals surface area contributed by atoms with Crippen LogP contribution in [0.4, 0.5) is 24.9 Å². The molecule has 0 aliphatic carbocycles. The smallest absolute Gasteiger partial charge is 0.406 e. The molecule has 2 aromatic carbocycles. The fourth-order valence-corrected chi connectivity index (χ4v) is 2.91. The largest absolute Gasteiger partial charge is 0.573 e. The maximum Gasteiger partial charge on any atom is 0.573 e. The van der Waals surface area contributed by atoms with Crippen molar-refractivity contribution in [2.75, 3.05) is 17.2 Å². The summed E-state index contributed by atoms with van der Waals surface area (Å²) in [5.74, 6) is 0.664. The van der Waals surface area contributed by atoms with Crippen molar-refractivity contribution in [1.29, 1.82) is 0 Å². The van der Waals surface area contributed by atoms with Gasteiger partial charge >= 0.3 is 6.36 Å². The van der Waals surface area contributed by atoms with Crippen LogP contribution in [0, 0.1) is 0 Å². The molecular formula is C23H25F3N4O. The minimum atomic E-state index is -4.76. The third-order valence-corrected chi connectivity index (χ3v) is 4.14. The summed E-state index contributed by atoms with van der Waals surface area (Å²) in [6.07, 6.45) is -3.95. The van der Waals surface area contributed by atoms with E-state index in [2.05, 4.69) is 25.3 Å². The van der Waals surface area contributed by atoms with Crippen molar-refractivity contribution in [3.05, 3.63) is 66.2 Å². The van der Waals surface area contributed by atoms with Gasteiger partial charge in [-0.05, 0) is 44.9 Å². The SMILES string of the molecule is CC(C)(C)Nc1nc(NCCc2ccccc2)cc(-c2cccc(OC(F)(F)F)c2)n1. The number of ether oxygens (including phenoxy) is 1. The van der Waals surface area contributed by atoms with Gasteiger partial charge in [-0.3, -0.25) is 0 Å². The lowest BCUT2D eigenvalue weighted by molar-refractivity contribution is -0.274. The third kappa shape index (κ3) is 7.47. The summed E-state index contributed by atoms with van der Waals surface area (Å²) >= 11 is 0. The van der Waals surface area contributed by atoms with Gasteiger partial charge in [0.05, 0.1) is 5.69 Å². The predicted molar refractivity (Wildman–Crippen MR) is 116 cm³/mol. The van der Waals surface area contributed by atoms with Crippen LogP contribution in [0.5, 0.6) is 5.75 Å². The number of hydrogen-bond donors (Lipinski definition) is 2. The number of benzene rings is 2. The van der Waals surface area contributed by atoms with Gasteiger partial charge in [0, 0.05) is 23.7 Å². The number of nitrogens with zero attached hydrogens (tertiary/aromatic N) is 2. The molecule has 0 aliphatic rings. The predicted octanol–water partition coefficient (Wildman–Crippen LogP) is 5.91. The van der Waals surface area contributed by atoms with Crippen LogP contribution in [0.1, 0.15) is 26.3 Å². The quantitative estimate of drug-likeness (QED) is 0.488. The van der Waals surface area contributed by atoms with Crippen LogP contribution in [-0.4, -0.2) is 28.4 Å². The normalized spacial score (nSPS) is 11.8. The molecule has 1 aromatic heterocycles. The van der Waals surface area contributed by atoms with E-state index >= 15 is 0 Å². The average molecular weight is 430 g/mol. The van der Waals surface area contributed by atoms with E-state index in [1.54, 1.807) is 12.1 Å². The van der Waals surface area contributed by atoms with E-state index in [4.69, 9.17) is 0 Å². The van der Waals surface area contributed by atoms with Crippen molar-refractivity contribution >= 4 is 11.8 Å². The van der Waals surface area contributed by atoms with Crippen molar-refractivity contribution in [3.8, 4) is 17.0 Å². The molecule has 31 heavy (non-hydrogen) atoms. The molecule has 0 fully saturated rings. The number of hydrogen-bond acceptors (Lipinski definition) is 5. The summed E-state index contributed by atoms with van der Waals surface area (Å²) < 4.78 is 41.8. The molecular weight excluding hydrogens is 405 g/mol. The summed E-state index contributed by atoms with van der Waals surface area (Å²) in [5.41, 5.74) is 1.87. The average Bonchev–Trinajstić information content (AvgIpc) is 2.66. The van der Waals surface area contributed by atoms with Crippen LogP contribution >= 0.6 is 0 Å². The molecule has 0 spiro atoms. The van der Waals surface area contributed by atoms with Crippen LogP contribution in [0.15, 0.2) is 60.7 Å². The molecule has 3 aromatic rings. The molecule has 0 radical (unpaired) electrons. The van der Waals surface area contributed by atoms with Crippen molar-refractivity contribution in [1.82, 2.24) is 9.97 Å². The second kappa shape index (κ2) is 9.24. The molecule has 0 bridgehead atoms. The monoisotopic (exact) mass is 430 g/mol. The van der Waals surface area contributed by atoms with Crippen molar-refractivity contribution < 1.29 is 17.9 Å². The number of nitrogens with one attached hydrogen (secondary N) is 2. The number of alkyl halides is 3. The summed E-state index contributed by atoms with van der Waals surface area (Å²) in [6, 6.07) is 17.5. The van der Waals surface area contributed by atoms with E-state index in [0.29, 0.717) is 29.6 Å². The first-order valence-electron chi connectivity index (χ1n) is 9.89. The lowest BCUT2D eigenvalue weighted by Gasteiger charge is -2.21. The van der Waals surface area contributed by atoms with Gasteiger partial charge in [0.2, 0.25) is 5.95 Å². The van der Waals surface area contributed by atoms with E-state index in [1.165, 1.54) is 23.8 Å². The van der Waals surface area contributed by atoms with Gasteiger partial charge in [-0.2, -0.15) is 4.98 Å². The Balaban J connectivity index is 1.85. The molecule has 0 aliphatic heterocycles. The maximum atomic E-state index is 12.6. The van der Waals surface area contributed by atoms with Crippen LogP contribution in [0.25, 0.3) is 11.3 Å². The van der Waals surface area contributed by atoms with Gasteiger partial charge in [-0.15, -0.1) is 13.2 Å². The highest BCUT2D eigenvalue weighted by molar-refractivity contribution is 5.66. The van der Waals surface area contributed by atoms with E-state index in [0.717, 1.165) is 6.42 Å². The first-order chi connectivity index (χ1) is 14.6. The fourth-order valence-electron chi connectivity index (χ4n) is 2.91. The molecule has 8 heteroatoms. The van der Waals surface area contributed by atoms with Crippen molar-refractivity contribution in [3.63, 3.8) is 0 Å². The Kier molecular flexibility index (Phi) is 6.68. The number of halogens is 3. The van der Waals surface area contributed by atoms with Gasteiger partial charge in [0.15, 0.2) is 0 Å². The zero-order chi connectivity index (χ0) is 22.5. The lowest BCUT2D eigenvalue weighted by Crippen LogP contribution is -2.27. The Hall–Kier alpha value is -3.29. The Morgan fingerprint density at radius 2 is 1.65 bits per heavy atom. The van der Waals surface area contributed by atoms with Gasteiger partial charge in [-0.25, -0.2) is 4.98 Å². The highest BCUT2D eigenvalue weighted by atomic mass is 19.4. The van der Waals surface area contributed by atoms with Gasteiger partial charge < -0.3 is 15.4 Å². The first kappa shape index (κ1) is 22.4. The zero-order valence-corrected chi connectivity index (χ0v) is 17.6. The van der Waals surface area contributed by atoms with Crippen LogP contribution < -0.4 is 15.4 Å². The molecule has 0 unspecified atom stereocenters. The van der Waals surface area contributed by atoms with E-state index in [-0.39, 0.29) is 11.3 Å². The molecule has 0 saturated carbocycles. The Morgan fingerprint density at radius 3 is 2.32 bits per heavy atom. The molecule has 0 amide bonds. The van der Waals surface area contributed by atoms with Crippen LogP contribution in [0.2, 0.25) is 0 Å². The third-order valence-electron chi connectivity index (χ3n) is 4.14. The van der Waals surface area contributed by atoms with Gasteiger partial charge in [-0.1, -0.05) is 42.5 Å². The standard InChI is InChI=1S/C23H25F3N4O/c1-22(2,3)30-21-28-19(17-10-7-11-18(14-17)31-23(24,25)26)15-20(29-21)27-13-12-16-8-5-4-6-9-16/h4-11,14-15H,12-13H2,1-3H3,(H2,27,28,29,30). The van der Waals surface area contributed by atoms with Crippen molar-refractivity contribution in [2.45, 2.75) is 39.1 Å². The number of anilines is 2. The molecule has 5 nitrogen and oxygen atoms in total. The molecule has 0 saturated heterocycles. The summed E-state index contributed by atoms with van der Waals surface area (Å²) in [5, 5.41) is 6.50. The lowest BCUT2D eigenvalue weighted by atomic mass is 10.1. The topological polar surface area (TPSA) is 59.1 Å². The van der Waals surface area contributed by atoms with Crippen LogP contribution in [0.3, 0.4) is 0 Å². The maximum absolute atomic E-state index is 12.6. The molecule has 164 valence electrons. The molecule has 0 atom stereocenters. The number of rotatable bonds is 7. The Bertz CT molecular complexity index is 1000. The van der Waals surface area contributed by atoms with Crippen LogP contribution in [-0.2, 0) is 6.42 Å². The second-order valence-corrected chi connectivity index (χ2v) is 8.08. The van der Waals surface area contributed by atoms with E-state index in [1.807, 2.05) is 51.1 Å². The highest BCUT2D eigenvalue weighted by Gasteiger charge is 2.31. The Morgan fingerprint density at radius 1 is 0.903 bits per heavy atom. The molecule has 1 heterocycles.